The van der Waals surface area contributed by atoms with Gasteiger partial charge in [0.25, 0.3) is 0 Å². The van der Waals surface area contributed by atoms with Crippen LogP contribution in [0.15, 0.2) is 0 Å². The van der Waals surface area contributed by atoms with Gasteiger partial charge < -0.3 is 10.6 Å². The third-order valence-corrected chi connectivity index (χ3v) is 1.29. The zero-order chi connectivity index (χ0) is 10.1. The molecule has 0 saturated carbocycles. The van der Waals surface area contributed by atoms with E-state index in [9.17, 15) is 9.59 Å². The normalized spacial score (nSPS) is 8.62. The van der Waals surface area contributed by atoms with Crippen molar-refractivity contribution >= 4 is 11.8 Å². The summed E-state index contributed by atoms with van der Waals surface area (Å²) in [4.78, 5) is 21.6. The maximum absolute atomic E-state index is 10.9. The molecule has 5 heteroatoms. The molecule has 0 aromatic carbocycles. The monoisotopic (exact) mass is 183 g/mol. The first-order chi connectivity index (χ1) is 6.20. The summed E-state index contributed by atoms with van der Waals surface area (Å²) in [6.07, 6.45) is 0.0976. The molecule has 0 aliphatic carbocycles. The molecule has 0 aliphatic heterocycles. The van der Waals surface area contributed by atoms with Crippen LogP contribution in [0.1, 0.15) is 19.8 Å². The molecular formula is C8H13N3O2. The molecule has 13 heavy (non-hydrogen) atoms. The number of rotatable bonds is 5. The molecule has 2 amide bonds. The molecule has 2 N–H and O–H groups in total. The average molecular weight is 183 g/mol. The Bertz CT molecular complexity index is 220. The van der Waals surface area contributed by atoms with Gasteiger partial charge in [-0.15, -0.1) is 0 Å². The number of nitriles is 1. The summed E-state index contributed by atoms with van der Waals surface area (Å²) in [6, 6.07) is 1.72. The summed E-state index contributed by atoms with van der Waals surface area (Å²) in [5.41, 5.74) is 0. The first-order valence-corrected chi connectivity index (χ1v) is 4.11. The van der Waals surface area contributed by atoms with Crippen LogP contribution in [0.3, 0.4) is 0 Å². The molecule has 0 saturated heterocycles. The van der Waals surface area contributed by atoms with E-state index < -0.39 is 0 Å². The van der Waals surface area contributed by atoms with E-state index in [1.54, 1.807) is 6.07 Å². The second kappa shape index (κ2) is 7.10. The maximum Gasteiger partial charge on any atom is 0.234 e. The van der Waals surface area contributed by atoms with Gasteiger partial charge in [0.1, 0.15) is 6.42 Å². The van der Waals surface area contributed by atoms with Gasteiger partial charge in [-0.3, -0.25) is 9.59 Å². The van der Waals surface area contributed by atoms with E-state index in [0.29, 0.717) is 6.54 Å². The molecule has 0 spiro atoms. The Morgan fingerprint density at radius 3 is 2.54 bits per heavy atom. The van der Waals surface area contributed by atoms with Crippen LogP contribution >= 0.6 is 0 Å². The lowest BCUT2D eigenvalue weighted by molar-refractivity contribution is -0.121. The molecule has 0 heterocycles. The highest BCUT2D eigenvalue weighted by atomic mass is 16.2. The lowest BCUT2D eigenvalue weighted by Crippen LogP contribution is -2.30. The molecular weight excluding hydrogens is 170 g/mol. The summed E-state index contributed by atoms with van der Waals surface area (Å²) in [7, 11) is 0. The molecule has 0 fully saturated rings. The van der Waals surface area contributed by atoms with Gasteiger partial charge in [0, 0.05) is 19.5 Å². The van der Waals surface area contributed by atoms with E-state index in [-0.39, 0.29) is 31.2 Å². The standard InChI is InChI=1S/C8H13N3O2/c1-2-10-8(13)4-6-11-7(12)3-5-9/h2-4,6H2,1H3,(H,10,13)(H,11,12). The van der Waals surface area contributed by atoms with Gasteiger partial charge in [-0.1, -0.05) is 0 Å². The van der Waals surface area contributed by atoms with Crippen molar-refractivity contribution in [2.24, 2.45) is 0 Å². The van der Waals surface area contributed by atoms with Crippen molar-refractivity contribution in [2.75, 3.05) is 13.1 Å². The Balaban J connectivity index is 3.40. The summed E-state index contributed by atoms with van der Waals surface area (Å²) < 4.78 is 0. The second-order valence-electron chi connectivity index (χ2n) is 2.39. The number of nitrogens with zero attached hydrogens (tertiary/aromatic N) is 1. The summed E-state index contributed by atoms with van der Waals surface area (Å²) in [6.45, 7) is 2.70. The average Bonchev–Trinajstić information content (AvgIpc) is 2.05. The fraction of sp³-hybridized carbons (Fsp3) is 0.625. The quantitative estimate of drug-likeness (QED) is 0.605. The largest absolute Gasteiger partial charge is 0.356 e. The van der Waals surface area contributed by atoms with Gasteiger partial charge in [0.15, 0.2) is 0 Å². The van der Waals surface area contributed by atoms with E-state index in [2.05, 4.69) is 10.6 Å². The molecule has 0 aromatic heterocycles. The lowest BCUT2D eigenvalue weighted by Gasteiger charge is -2.02. The fourth-order valence-electron chi connectivity index (χ4n) is 0.735. The van der Waals surface area contributed by atoms with E-state index in [1.807, 2.05) is 6.92 Å². The summed E-state index contributed by atoms with van der Waals surface area (Å²) in [5, 5.41) is 13.2. The molecule has 0 unspecified atom stereocenters. The minimum absolute atomic E-state index is 0.0974. The van der Waals surface area contributed by atoms with Crippen LogP contribution in [0, 0.1) is 11.3 Å². The van der Waals surface area contributed by atoms with Crippen LogP contribution in [0.4, 0.5) is 0 Å². The Labute approximate surface area is 77.1 Å². The summed E-state index contributed by atoms with van der Waals surface area (Å²) in [5.74, 6) is -0.438. The number of amides is 2. The van der Waals surface area contributed by atoms with Crippen molar-refractivity contribution in [3.63, 3.8) is 0 Å². The Hall–Kier alpha value is -1.57. The predicted octanol–water partition coefficient (Wildman–Crippen LogP) is -0.458. The fourth-order valence-corrected chi connectivity index (χ4v) is 0.735. The molecule has 0 atom stereocenters. The Morgan fingerprint density at radius 1 is 1.31 bits per heavy atom. The number of nitrogens with one attached hydrogen (secondary N) is 2. The molecule has 0 bridgehead atoms. The predicted molar refractivity (Wildman–Crippen MR) is 46.5 cm³/mol. The molecule has 0 rings (SSSR count). The van der Waals surface area contributed by atoms with Crippen molar-refractivity contribution in [3.8, 4) is 6.07 Å². The highest BCUT2D eigenvalue weighted by Gasteiger charge is 2.01. The lowest BCUT2D eigenvalue weighted by atomic mass is 10.3. The van der Waals surface area contributed by atoms with Crippen LogP contribution in [-0.2, 0) is 9.59 Å². The van der Waals surface area contributed by atoms with Crippen molar-refractivity contribution in [2.45, 2.75) is 19.8 Å². The smallest absolute Gasteiger partial charge is 0.234 e. The number of carbonyl (C=O) groups is 2. The number of carbonyl (C=O) groups excluding carboxylic acids is 2. The highest BCUT2D eigenvalue weighted by Crippen LogP contribution is 1.79. The number of hydrogen-bond donors (Lipinski definition) is 2. The van der Waals surface area contributed by atoms with Crippen molar-refractivity contribution in [1.82, 2.24) is 10.6 Å². The van der Waals surface area contributed by atoms with Gasteiger partial charge in [0.2, 0.25) is 11.8 Å². The SMILES string of the molecule is CCNC(=O)CCNC(=O)CC#N. The first-order valence-electron chi connectivity index (χ1n) is 4.11. The van der Waals surface area contributed by atoms with E-state index in [0.717, 1.165) is 0 Å². The van der Waals surface area contributed by atoms with Crippen molar-refractivity contribution < 1.29 is 9.59 Å². The second-order valence-corrected chi connectivity index (χ2v) is 2.39. The third-order valence-electron chi connectivity index (χ3n) is 1.29. The van der Waals surface area contributed by atoms with Crippen LogP contribution in [0.5, 0.6) is 0 Å². The van der Waals surface area contributed by atoms with E-state index >= 15 is 0 Å². The van der Waals surface area contributed by atoms with Gasteiger partial charge in [-0.25, -0.2) is 0 Å². The zero-order valence-electron chi connectivity index (χ0n) is 7.59. The van der Waals surface area contributed by atoms with E-state index in [4.69, 9.17) is 5.26 Å². The first kappa shape index (κ1) is 11.4. The van der Waals surface area contributed by atoms with Gasteiger partial charge in [-0.2, -0.15) is 5.26 Å². The molecule has 0 aliphatic rings. The van der Waals surface area contributed by atoms with E-state index in [1.165, 1.54) is 0 Å². The topological polar surface area (TPSA) is 82.0 Å². The van der Waals surface area contributed by atoms with Crippen LogP contribution in [0.2, 0.25) is 0 Å². The molecule has 5 nitrogen and oxygen atoms in total. The minimum atomic E-state index is -0.341. The highest BCUT2D eigenvalue weighted by molar-refractivity contribution is 5.79. The van der Waals surface area contributed by atoms with Crippen LogP contribution in [0.25, 0.3) is 0 Å². The van der Waals surface area contributed by atoms with Crippen molar-refractivity contribution in [1.29, 1.82) is 5.26 Å². The van der Waals surface area contributed by atoms with Crippen molar-refractivity contribution in [3.05, 3.63) is 0 Å². The molecule has 0 aromatic rings. The molecule has 72 valence electrons. The van der Waals surface area contributed by atoms with Crippen LogP contribution < -0.4 is 10.6 Å². The van der Waals surface area contributed by atoms with Gasteiger partial charge in [0.05, 0.1) is 6.07 Å². The third kappa shape index (κ3) is 6.81. The maximum atomic E-state index is 10.9. The van der Waals surface area contributed by atoms with Gasteiger partial charge in [-0.05, 0) is 6.92 Å². The van der Waals surface area contributed by atoms with Gasteiger partial charge >= 0.3 is 0 Å². The molecule has 0 radical (unpaired) electrons. The summed E-state index contributed by atoms with van der Waals surface area (Å²) >= 11 is 0. The van der Waals surface area contributed by atoms with Crippen LogP contribution in [-0.4, -0.2) is 24.9 Å². The Kier molecular flexibility index (Phi) is 6.24. The minimum Gasteiger partial charge on any atom is -0.356 e. The Morgan fingerprint density at radius 2 is 2.00 bits per heavy atom. The number of hydrogen-bond acceptors (Lipinski definition) is 3. The zero-order valence-corrected chi connectivity index (χ0v) is 7.59.